The molecule has 0 saturated carbocycles. The summed E-state index contributed by atoms with van der Waals surface area (Å²) in [6, 6.07) is 3.06. The second-order valence-electron chi connectivity index (χ2n) is 9.04. The Labute approximate surface area is 208 Å². The van der Waals surface area contributed by atoms with E-state index >= 15 is 0 Å². The first kappa shape index (κ1) is 28.3. The van der Waals surface area contributed by atoms with Gasteiger partial charge in [0.25, 0.3) is 0 Å². The van der Waals surface area contributed by atoms with Crippen molar-refractivity contribution in [2.24, 2.45) is 17.4 Å². The highest BCUT2D eigenvalue weighted by Gasteiger charge is 2.31. The fourth-order valence-electron chi connectivity index (χ4n) is 3.59. The lowest BCUT2D eigenvalue weighted by Gasteiger charge is -2.26. The summed E-state index contributed by atoms with van der Waals surface area (Å²) in [6.07, 6.45) is 1.73. The zero-order valence-electron chi connectivity index (χ0n) is 20.5. The predicted octanol–water partition coefficient (Wildman–Crippen LogP) is -0.482. The van der Waals surface area contributed by atoms with E-state index in [0.717, 1.165) is 16.5 Å². The molecule has 12 heteroatoms. The molecule has 2 rings (SSSR count). The van der Waals surface area contributed by atoms with Crippen LogP contribution >= 0.6 is 0 Å². The number of aliphatic carboxylic acids is 1. The molecule has 1 aromatic heterocycles. The molecule has 196 valence electrons. The minimum atomic E-state index is -1.22. The predicted molar refractivity (Wildman–Crippen MR) is 132 cm³/mol. The van der Waals surface area contributed by atoms with Gasteiger partial charge in [-0.3, -0.25) is 24.0 Å². The van der Waals surface area contributed by atoms with Crippen molar-refractivity contribution in [2.75, 3.05) is 0 Å². The van der Waals surface area contributed by atoms with Crippen LogP contribution in [0.1, 0.15) is 39.2 Å². The monoisotopic (exact) mass is 502 g/mol. The zero-order valence-corrected chi connectivity index (χ0v) is 20.5. The number of aromatic nitrogens is 1. The maximum atomic E-state index is 13.3. The van der Waals surface area contributed by atoms with Crippen molar-refractivity contribution in [3.05, 3.63) is 36.0 Å². The minimum Gasteiger partial charge on any atom is -0.480 e. The number of fused-ring (bicyclic) bond motifs is 1. The molecule has 1 heterocycles. The molecule has 12 nitrogen and oxygen atoms in total. The number of carboxylic acid groups (broad SMARTS) is 1. The molecule has 2 aromatic rings. The van der Waals surface area contributed by atoms with Gasteiger partial charge in [0.15, 0.2) is 0 Å². The van der Waals surface area contributed by atoms with Crippen molar-refractivity contribution in [1.29, 1.82) is 0 Å². The van der Waals surface area contributed by atoms with Crippen LogP contribution in [0.3, 0.4) is 0 Å². The average molecular weight is 503 g/mol. The van der Waals surface area contributed by atoms with E-state index in [1.165, 1.54) is 6.92 Å². The molecule has 0 aliphatic heterocycles. The number of primary amides is 1. The Balaban J connectivity index is 2.26. The SMILES string of the molecule is CC(NC(=O)C(NC(=O)C(Cc1c[nH]c2ccccc12)NC(=O)C(N)CCC(N)=O)C(C)C)C(=O)O. The smallest absolute Gasteiger partial charge is 0.325 e. The summed E-state index contributed by atoms with van der Waals surface area (Å²) >= 11 is 0. The topological polar surface area (TPSA) is 210 Å². The molecule has 1 aromatic carbocycles. The van der Waals surface area contributed by atoms with Crippen LogP contribution in [-0.4, -0.2) is 63.9 Å². The number of nitrogens with one attached hydrogen (secondary N) is 4. The normalized spacial score (nSPS) is 14.5. The molecular weight excluding hydrogens is 468 g/mol. The second kappa shape index (κ2) is 12.7. The molecule has 0 radical (unpaired) electrons. The van der Waals surface area contributed by atoms with Crippen LogP contribution in [0.15, 0.2) is 30.5 Å². The van der Waals surface area contributed by atoms with Crippen molar-refractivity contribution >= 4 is 40.5 Å². The number of rotatable bonds is 13. The van der Waals surface area contributed by atoms with Crippen LogP contribution < -0.4 is 27.4 Å². The van der Waals surface area contributed by atoms with Gasteiger partial charge < -0.3 is 37.5 Å². The maximum Gasteiger partial charge on any atom is 0.325 e. The fourth-order valence-corrected chi connectivity index (χ4v) is 3.59. The quantitative estimate of drug-likeness (QED) is 0.191. The highest BCUT2D eigenvalue weighted by Crippen LogP contribution is 2.19. The number of nitrogens with two attached hydrogens (primary N) is 2. The second-order valence-corrected chi connectivity index (χ2v) is 9.04. The van der Waals surface area contributed by atoms with E-state index < -0.39 is 53.8 Å². The molecular formula is C24H34N6O6. The summed E-state index contributed by atoms with van der Waals surface area (Å²) in [7, 11) is 0. The molecule has 0 bridgehead atoms. The Morgan fingerprint density at radius 2 is 1.64 bits per heavy atom. The lowest BCUT2D eigenvalue weighted by Crippen LogP contribution is -2.58. The first-order chi connectivity index (χ1) is 16.9. The Kier molecular flexibility index (Phi) is 9.97. The van der Waals surface area contributed by atoms with Gasteiger partial charge in [-0.2, -0.15) is 0 Å². The number of H-pyrrole nitrogens is 1. The van der Waals surface area contributed by atoms with Crippen molar-refractivity contribution in [3.63, 3.8) is 0 Å². The van der Waals surface area contributed by atoms with E-state index in [-0.39, 0.29) is 25.2 Å². The van der Waals surface area contributed by atoms with E-state index in [4.69, 9.17) is 16.6 Å². The van der Waals surface area contributed by atoms with Crippen LogP contribution in [0, 0.1) is 5.92 Å². The number of carboxylic acids is 1. The molecule has 9 N–H and O–H groups in total. The van der Waals surface area contributed by atoms with Crippen molar-refractivity contribution in [3.8, 4) is 0 Å². The number of carbonyl (C=O) groups is 5. The maximum absolute atomic E-state index is 13.3. The van der Waals surface area contributed by atoms with Crippen LogP contribution in [0.2, 0.25) is 0 Å². The molecule has 4 unspecified atom stereocenters. The third-order valence-electron chi connectivity index (χ3n) is 5.75. The minimum absolute atomic E-state index is 0.00664. The lowest BCUT2D eigenvalue weighted by molar-refractivity contribution is -0.142. The Morgan fingerprint density at radius 3 is 2.25 bits per heavy atom. The molecule has 0 spiro atoms. The highest BCUT2D eigenvalue weighted by atomic mass is 16.4. The number of benzene rings is 1. The van der Waals surface area contributed by atoms with Gasteiger partial charge in [0.05, 0.1) is 6.04 Å². The van der Waals surface area contributed by atoms with E-state index in [0.29, 0.717) is 0 Å². The van der Waals surface area contributed by atoms with Gasteiger partial charge in [-0.15, -0.1) is 0 Å². The summed E-state index contributed by atoms with van der Waals surface area (Å²) in [4.78, 5) is 64.0. The Morgan fingerprint density at radius 1 is 0.972 bits per heavy atom. The average Bonchev–Trinajstić information content (AvgIpc) is 3.22. The van der Waals surface area contributed by atoms with Crippen LogP contribution in [-0.2, 0) is 30.4 Å². The third kappa shape index (κ3) is 7.80. The van der Waals surface area contributed by atoms with Gasteiger partial charge in [-0.1, -0.05) is 32.0 Å². The Hall–Kier alpha value is -3.93. The standard InChI is InChI=1S/C24H34N6O6/c1-12(2)20(23(34)28-13(3)24(35)36)30-22(33)18(29-21(32)16(25)8-9-19(26)31)10-14-11-27-17-7-5-4-6-15(14)17/h4-7,11-13,16,18,20,27H,8-10,25H2,1-3H3,(H2,26,31)(H,28,34)(H,29,32)(H,30,33)(H,35,36). The molecule has 0 aliphatic rings. The van der Waals surface area contributed by atoms with Gasteiger partial charge in [0, 0.05) is 29.9 Å². The van der Waals surface area contributed by atoms with Gasteiger partial charge in [-0.05, 0) is 30.9 Å². The first-order valence-corrected chi connectivity index (χ1v) is 11.6. The summed E-state index contributed by atoms with van der Waals surface area (Å²) in [5, 5.41) is 17.5. The van der Waals surface area contributed by atoms with Crippen molar-refractivity contribution in [1.82, 2.24) is 20.9 Å². The number of aromatic amines is 1. The molecule has 36 heavy (non-hydrogen) atoms. The highest BCUT2D eigenvalue weighted by molar-refractivity contribution is 5.95. The van der Waals surface area contributed by atoms with E-state index in [1.54, 1.807) is 20.0 Å². The molecule has 0 aliphatic carbocycles. The van der Waals surface area contributed by atoms with Gasteiger partial charge >= 0.3 is 5.97 Å². The van der Waals surface area contributed by atoms with Crippen LogP contribution in [0.4, 0.5) is 0 Å². The largest absolute Gasteiger partial charge is 0.480 e. The summed E-state index contributed by atoms with van der Waals surface area (Å²) < 4.78 is 0. The summed E-state index contributed by atoms with van der Waals surface area (Å²) in [5.41, 5.74) is 12.6. The van der Waals surface area contributed by atoms with Gasteiger partial charge in [-0.25, -0.2) is 0 Å². The zero-order chi connectivity index (χ0) is 27.0. The molecule has 4 amide bonds. The number of hydrogen-bond donors (Lipinski definition) is 7. The van der Waals surface area contributed by atoms with Gasteiger partial charge in [0.2, 0.25) is 23.6 Å². The molecule has 4 atom stereocenters. The Bertz CT molecular complexity index is 1110. The first-order valence-electron chi connectivity index (χ1n) is 11.6. The number of hydrogen-bond acceptors (Lipinski definition) is 6. The van der Waals surface area contributed by atoms with Crippen LogP contribution in [0.5, 0.6) is 0 Å². The number of amides is 4. The van der Waals surface area contributed by atoms with Crippen molar-refractivity contribution < 1.29 is 29.1 Å². The third-order valence-corrected chi connectivity index (χ3v) is 5.75. The summed E-state index contributed by atoms with van der Waals surface area (Å²) in [5.74, 6) is -4.16. The summed E-state index contributed by atoms with van der Waals surface area (Å²) in [6.45, 7) is 4.71. The van der Waals surface area contributed by atoms with E-state index in [1.807, 2.05) is 24.3 Å². The van der Waals surface area contributed by atoms with Crippen molar-refractivity contribution in [2.45, 2.75) is 64.2 Å². The fraction of sp³-hybridized carbons (Fsp3) is 0.458. The number of para-hydroxylation sites is 1. The lowest BCUT2D eigenvalue weighted by atomic mass is 10.00. The van der Waals surface area contributed by atoms with E-state index in [2.05, 4.69) is 20.9 Å². The molecule has 0 saturated heterocycles. The van der Waals surface area contributed by atoms with E-state index in [9.17, 15) is 24.0 Å². The number of carbonyl (C=O) groups excluding carboxylic acids is 4. The van der Waals surface area contributed by atoms with Gasteiger partial charge in [0.1, 0.15) is 18.1 Å². The van der Waals surface area contributed by atoms with Crippen LogP contribution in [0.25, 0.3) is 10.9 Å². The molecule has 0 fully saturated rings.